The van der Waals surface area contributed by atoms with Gasteiger partial charge in [0.2, 0.25) is 0 Å². The molecule has 0 fully saturated rings. The summed E-state index contributed by atoms with van der Waals surface area (Å²) in [7, 11) is 0. The van der Waals surface area contributed by atoms with Crippen molar-refractivity contribution >= 4 is 33.0 Å². The summed E-state index contributed by atoms with van der Waals surface area (Å²) in [6, 6.07) is 3.47. The number of oxazole rings is 1. The molecule has 4 nitrogen and oxygen atoms in total. The second-order valence-corrected chi connectivity index (χ2v) is 4.07. The fourth-order valence-electron chi connectivity index (χ4n) is 1.40. The van der Waals surface area contributed by atoms with Gasteiger partial charge in [0.05, 0.1) is 6.42 Å². The maximum atomic E-state index is 10.6. The van der Waals surface area contributed by atoms with E-state index in [9.17, 15) is 4.79 Å². The van der Waals surface area contributed by atoms with Gasteiger partial charge in [0.15, 0.2) is 11.5 Å². The number of rotatable bonds is 2. The van der Waals surface area contributed by atoms with Crippen LogP contribution in [0.15, 0.2) is 21.0 Å². The van der Waals surface area contributed by atoms with Crippen LogP contribution >= 0.6 is 15.9 Å². The van der Waals surface area contributed by atoms with Crippen molar-refractivity contribution in [3.8, 4) is 0 Å². The quantitative estimate of drug-likeness (QED) is 0.910. The largest absolute Gasteiger partial charge is 0.481 e. The predicted octanol–water partition coefficient (Wildman–Crippen LogP) is 2.53. The second kappa shape index (κ2) is 3.66. The summed E-state index contributed by atoms with van der Waals surface area (Å²) in [5.74, 6) is -0.296. The van der Waals surface area contributed by atoms with Crippen LogP contribution in [0.25, 0.3) is 11.1 Å². The standard InChI is InChI=1S/C10H8BrNO3/c1-5-12-8-4-7(11)6(3-10(13)14)2-9(8)15-5/h2,4H,3H2,1H3,(H,13,14). The number of benzene rings is 1. The van der Waals surface area contributed by atoms with Gasteiger partial charge in [-0.15, -0.1) is 0 Å². The van der Waals surface area contributed by atoms with E-state index in [0.717, 1.165) is 9.99 Å². The SMILES string of the molecule is Cc1nc2cc(Br)c(CC(=O)O)cc2o1. The first kappa shape index (κ1) is 10.2. The van der Waals surface area contributed by atoms with Gasteiger partial charge in [-0.3, -0.25) is 4.79 Å². The fraction of sp³-hybridized carbons (Fsp3) is 0.200. The van der Waals surface area contributed by atoms with Gasteiger partial charge in [0.1, 0.15) is 5.52 Å². The molecular weight excluding hydrogens is 262 g/mol. The molecule has 1 aromatic carbocycles. The number of hydrogen-bond donors (Lipinski definition) is 1. The summed E-state index contributed by atoms with van der Waals surface area (Å²) in [6.07, 6.45) is -0.0315. The van der Waals surface area contributed by atoms with Crippen molar-refractivity contribution in [2.45, 2.75) is 13.3 Å². The molecule has 0 spiro atoms. The molecule has 0 aliphatic heterocycles. The van der Waals surface area contributed by atoms with Crippen LogP contribution in [0.3, 0.4) is 0 Å². The highest BCUT2D eigenvalue weighted by molar-refractivity contribution is 9.10. The maximum absolute atomic E-state index is 10.6. The van der Waals surface area contributed by atoms with Crippen molar-refractivity contribution in [2.24, 2.45) is 0 Å². The summed E-state index contributed by atoms with van der Waals surface area (Å²) in [5.41, 5.74) is 2.03. The van der Waals surface area contributed by atoms with Crippen LogP contribution in [0, 0.1) is 6.92 Å². The first-order chi connectivity index (χ1) is 7.06. The topological polar surface area (TPSA) is 63.3 Å². The van der Waals surface area contributed by atoms with Gasteiger partial charge in [0.25, 0.3) is 0 Å². The number of carbonyl (C=O) groups is 1. The highest BCUT2D eigenvalue weighted by Crippen LogP contribution is 2.25. The average molecular weight is 270 g/mol. The minimum absolute atomic E-state index is 0.0315. The van der Waals surface area contributed by atoms with E-state index in [1.165, 1.54) is 0 Å². The molecule has 1 aromatic heterocycles. The Morgan fingerprint density at radius 3 is 3.00 bits per heavy atom. The highest BCUT2D eigenvalue weighted by Gasteiger charge is 2.10. The molecule has 1 N–H and O–H groups in total. The van der Waals surface area contributed by atoms with Gasteiger partial charge in [-0.2, -0.15) is 0 Å². The Bertz CT molecular complexity index is 533. The number of aromatic nitrogens is 1. The van der Waals surface area contributed by atoms with Crippen LogP contribution in [-0.4, -0.2) is 16.1 Å². The highest BCUT2D eigenvalue weighted by atomic mass is 79.9. The summed E-state index contributed by atoms with van der Waals surface area (Å²) >= 11 is 3.31. The number of aliphatic carboxylic acids is 1. The van der Waals surface area contributed by atoms with Gasteiger partial charge in [-0.1, -0.05) is 15.9 Å². The lowest BCUT2D eigenvalue weighted by atomic mass is 10.1. The molecule has 0 amide bonds. The molecule has 0 unspecified atom stereocenters. The number of nitrogens with zero attached hydrogens (tertiary/aromatic N) is 1. The third-order valence-corrected chi connectivity index (χ3v) is 2.74. The average Bonchev–Trinajstić information content (AvgIpc) is 2.44. The molecule has 2 aromatic rings. The van der Waals surface area contributed by atoms with Gasteiger partial charge < -0.3 is 9.52 Å². The summed E-state index contributed by atoms with van der Waals surface area (Å²) in [6.45, 7) is 1.75. The Kier molecular flexibility index (Phi) is 2.48. The third-order valence-electron chi connectivity index (χ3n) is 2.01. The third kappa shape index (κ3) is 2.02. The first-order valence-electron chi connectivity index (χ1n) is 4.33. The van der Waals surface area contributed by atoms with Gasteiger partial charge in [-0.05, 0) is 17.7 Å². The van der Waals surface area contributed by atoms with E-state index in [0.29, 0.717) is 17.0 Å². The Labute approximate surface area is 94.0 Å². The molecule has 0 aliphatic rings. The Morgan fingerprint density at radius 1 is 1.60 bits per heavy atom. The molecule has 0 radical (unpaired) electrons. The fourth-order valence-corrected chi connectivity index (χ4v) is 1.88. The molecule has 0 saturated heterocycles. The summed E-state index contributed by atoms with van der Waals surface area (Å²) in [5, 5.41) is 8.70. The van der Waals surface area contributed by atoms with Gasteiger partial charge in [0, 0.05) is 11.4 Å². The van der Waals surface area contributed by atoms with Crippen molar-refractivity contribution in [3.05, 3.63) is 28.1 Å². The van der Waals surface area contributed by atoms with E-state index in [4.69, 9.17) is 9.52 Å². The number of carboxylic acids is 1. The molecule has 5 heteroatoms. The number of aryl methyl sites for hydroxylation is 1. The molecule has 0 bridgehead atoms. The van der Waals surface area contributed by atoms with Crippen LogP contribution < -0.4 is 0 Å². The van der Waals surface area contributed by atoms with Crippen LogP contribution in [0.1, 0.15) is 11.5 Å². The zero-order chi connectivity index (χ0) is 11.0. The summed E-state index contributed by atoms with van der Waals surface area (Å²) in [4.78, 5) is 14.7. The van der Waals surface area contributed by atoms with Crippen LogP contribution in [-0.2, 0) is 11.2 Å². The van der Waals surface area contributed by atoms with Crippen molar-refractivity contribution in [1.82, 2.24) is 4.98 Å². The smallest absolute Gasteiger partial charge is 0.307 e. The van der Waals surface area contributed by atoms with E-state index >= 15 is 0 Å². The molecule has 0 aliphatic carbocycles. The molecule has 0 atom stereocenters. The maximum Gasteiger partial charge on any atom is 0.307 e. The molecule has 2 rings (SSSR count). The monoisotopic (exact) mass is 269 g/mol. The Morgan fingerprint density at radius 2 is 2.33 bits per heavy atom. The van der Waals surface area contributed by atoms with Crippen molar-refractivity contribution in [3.63, 3.8) is 0 Å². The van der Waals surface area contributed by atoms with Crippen molar-refractivity contribution in [2.75, 3.05) is 0 Å². The van der Waals surface area contributed by atoms with Crippen molar-refractivity contribution in [1.29, 1.82) is 0 Å². The second-order valence-electron chi connectivity index (χ2n) is 3.21. The van der Waals surface area contributed by atoms with E-state index in [1.807, 2.05) is 0 Å². The van der Waals surface area contributed by atoms with Crippen LogP contribution in [0.2, 0.25) is 0 Å². The Hall–Kier alpha value is -1.36. The predicted molar refractivity (Wildman–Crippen MR) is 57.8 cm³/mol. The molecule has 15 heavy (non-hydrogen) atoms. The summed E-state index contributed by atoms with van der Waals surface area (Å²) < 4.78 is 6.06. The molecule has 78 valence electrons. The van der Waals surface area contributed by atoms with Gasteiger partial charge >= 0.3 is 5.97 Å². The molecule has 1 heterocycles. The lowest BCUT2D eigenvalue weighted by Crippen LogP contribution is -2.00. The van der Waals surface area contributed by atoms with E-state index in [-0.39, 0.29) is 6.42 Å². The minimum atomic E-state index is -0.869. The normalized spacial score (nSPS) is 10.8. The number of carboxylic acid groups (broad SMARTS) is 1. The molecule has 0 saturated carbocycles. The lowest BCUT2D eigenvalue weighted by molar-refractivity contribution is -0.136. The minimum Gasteiger partial charge on any atom is -0.481 e. The Balaban J connectivity index is 2.55. The number of fused-ring (bicyclic) bond motifs is 1. The molecular formula is C10H8BrNO3. The van der Waals surface area contributed by atoms with E-state index < -0.39 is 5.97 Å². The van der Waals surface area contributed by atoms with Crippen LogP contribution in [0.5, 0.6) is 0 Å². The van der Waals surface area contributed by atoms with E-state index in [1.54, 1.807) is 19.1 Å². The zero-order valence-electron chi connectivity index (χ0n) is 7.95. The zero-order valence-corrected chi connectivity index (χ0v) is 9.54. The number of halogens is 1. The van der Waals surface area contributed by atoms with Gasteiger partial charge in [-0.25, -0.2) is 4.98 Å². The van der Waals surface area contributed by atoms with Crippen LogP contribution in [0.4, 0.5) is 0 Å². The first-order valence-corrected chi connectivity index (χ1v) is 5.13. The lowest BCUT2D eigenvalue weighted by Gasteiger charge is -1.99. The number of hydrogen-bond acceptors (Lipinski definition) is 3. The van der Waals surface area contributed by atoms with E-state index in [2.05, 4.69) is 20.9 Å². The van der Waals surface area contributed by atoms with Crippen molar-refractivity contribution < 1.29 is 14.3 Å².